The predicted molar refractivity (Wildman–Crippen MR) is 64.8 cm³/mol. The summed E-state index contributed by atoms with van der Waals surface area (Å²) in [5.41, 5.74) is 5.06. The lowest BCUT2D eigenvalue weighted by Gasteiger charge is -2.24. The summed E-state index contributed by atoms with van der Waals surface area (Å²) in [6.07, 6.45) is 8.19. The molecule has 92 valence electrons. The Hall–Kier alpha value is -0.590. The van der Waals surface area contributed by atoms with Crippen molar-refractivity contribution < 1.29 is 4.74 Å². The van der Waals surface area contributed by atoms with Gasteiger partial charge < -0.3 is 10.5 Å². The fourth-order valence-electron chi connectivity index (χ4n) is 1.89. The standard InChI is InChI=1S/C13H24N2O/c1-13(15,11-14)8-2-3-9-16-10-7-12-5-4-6-12/h12H,2-10,15H2,1H3. The SMILES string of the molecule is CC(N)(C#N)CCCCOCCC1CCC1. The van der Waals surface area contributed by atoms with Crippen LogP contribution in [0, 0.1) is 17.2 Å². The fraction of sp³-hybridized carbons (Fsp3) is 0.923. The molecule has 3 heteroatoms. The van der Waals surface area contributed by atoms with Gasteiger partial charge in [0, 0.05) is 13.2 Å². The van der Waals surface area contributed by atoms with Crippen LogP contribution in [-0.2, 0) is 4.74 Å². The van der Waals surface area contributed by atoms with Gasteiger partial charge in [-0.3, -0.25) is 0 Å². The van der Waals surface area contributed by atoms with E-state index in [2.05, 4.69) is 6.07 Å². The third-order valence-electron chi connectivity index (χ3n) is 3.39. The normalized spacial score (nSPS) is 19.8. The summed E-state index contributed by atoms with van der Waals surface area (Å²) in [4.78, 5) is 0. The Bertz CT molecular complexity index is 229. The summed E-state index contributed by atoms with van der Waals surface area (Å²) in [5.74, 6) is 0.936. The van der Waals surface area contributed by atoms with Gasteiger partial charge in [0.25, 0.3) is 0 Å². The van der Waals surface area contributed by atoms with Gasteiger partial charge in [-0.25, -0.2) is 0 Å². The maximum Gasteiger partial charge on any atom is 0.101 e. The van der Waals surface area contributed by atoms with Crippen molar-refractivity contribution in [2.75, 3.05) is 13.2 Å². The first-order valence-corrected chi connectivity index (χ1v) is 6.42. The van der Waals surface area contributed by atoms with Crippen molar-refractivity contribution >= 4 is 0 Å². The van der Waals surface area contributed by atoms with Gasteiger partial charge in [-0.05, 0) is 38.5 Å². The van der Waals surface area contributed by atoms with Gasteiger partial charge >= 0.3 is 0 Å². The van der Waals surface area contributed by atoms with Crippen molar-refractivity contribution in [3.63, 3.8) is 0 Å². The molecule has 0 aromatic carbocycles. The molecule has 1 unspecified atom stereocenters. The van der Waals surface area contributed by atoms with Crippen LogP contribution in [-0.4, -0.2) is 18.8 Å². The number of nitrogens with two attached hydrogens (primary N) is 1. The maximum atomic E-state index is 8.72. The number of unbranched alkanes of at least 4 members (excludes halogenated alkanes) is 1. The van der Waals surface area contributed by atoms with E-state index in [0.717, 1.165) is 38.4 Å². The number of nitriles is 1. The number of rotatable bonds is 8. The minimum absolute atomic E-state index is 0.661. The van der Waals surface area contributed by atoms with Crippen molar-refractivity contribution in [1.82, 2.24) is 0 Å². The molecule has 1 fully saturated rings. The fourth-order valence-corrected chi connectivity index (χ4v) is 1.89. The summed E-state index contributed by atoms with van der Waals surface area (Å²) < 4.78 is 5.56. The van der Waals surface area contributed by atoms with Gasteiger partial charge in [0.05, 0.1) is 6.07 Å². The van der Waals surface area contributed by atoms with Crippen LogP contribution in [0.1, 0.15) is 51.9 Å². The van der Waals surface area contributed by atoms with Gasteiger partial charge in [0.15, 0.2) is 0 Å². The number of hydrogen-bond donors (Lipinski definition) is 1. The molecule has 0 spiro atoms. The minimum atomic E-state index is -0.661. The molecule has 0 bridgehead atoms. The molecule has 0 aromatic rings. The average Bonchev–Trinajstić information content (AvgIpc) is 2.19. The first-order valence-electron chi connectivity index (χ1n) is 6.42. The highest BCUT2D eigenvalue weighted by Crippen LogP contribution is 2.29. The van der Waals surface area contributed by atoms with Crippen molar-refractivity contribution in [3.05, 3.63) is 0 Å². The van der Waals surface area contributed by atoms with Gasteiger partial charge in [0.2, 0.25) is 0 Å². The van der Waals surface area contributed by atoms with Crippen LogP contribution in [0.15, 0.2) is 0 Å². The Kier molecular flexibility index (Phi) is 5.79. The highest BCUT2D eigenvalue weighted by atomic mass is 16.5. The lowest BCUT2D eigenvalue weighted by Crippen LogP contribution is -2.33. The van der Waals surface area contributed by atoms with Crippen LogP contribution in [0.3, 0.4) is 0 Å². The minimum Gasteiger partial charge on any atom is -0.381 e. The third-order valence-corrected chi connectivity index (χ3v) is 3.39. The second-order valence-electron chi connectivity index (χ2n) is 5.18. The van der Waals surface area contributed by atoms with Crippen LogP contribution in [0.4, 0.5) is 0 Å². The number of ether oxygens (including phenoxy) is 1. The largest absolute Gasteiger partial charge is 0.381 e. The number of nitrogens with zero attached hydrogens (tertiary/aromatic N) is 1. The molecule has 0 amide bonds. The molecule has 0 aliphatic heterocycles. The summed E-state index contributed by atoms with van der Waals surface area (Å²) in [5, 5.41) is 8.72. The van der Waals surface area contributed by atoms with Crippen LogP contribution in [0.2, 0.25) is 0 Å². The first-order chi connectivity index (χ1) is 7.64. The zero-order valence-electron chi connectivity index (χ0n) is 10.4. The summed E-state index contributed by atoms with van der Waals surface area (Å²) >= 11 is 0. The Labute approximate surface area is 99.0 Å². The van der Waals surface area contributed by atoms with Crippen LogP contribution >= 0.6 is 0 Å². The van der Waals surface area contributed by atoms with E-state index in [1.165, 1.54) is 25.7 Å². The van der Waals surface area contributed by atoms with Crippen LogP contribution in [0.5, 0.6) is 0 Å². The smallest absolute Gasteiger partial charge is 0.101 e. The van der Waals surface area contributed by atoms with E-state index in [9.17, 15) is 0 Å². The van der Waals surface area contributed by atoms with Crippen molar-refractivity contribution in [2.45, 2.75) is 57.4 Å². The molecule has 1 rings (SSSR count). The molecule has 1 aliphatic carbocycles. The third kappa shape index (κ3) is 5.48. The predicted octanol–water partition coefficient (Wildman–Crippen LogP) is 2.60. The van der Waals surface area contributed by atoms with E-state index in [1.807, 2.05) is 0 Å². The molecule has 16 heavy (non-hydrogen) atoms. The molecule has 1 atom stereocenters. The van der Waals surface area contributed by atoms with E-state index in [-0.39, 0.29) is 0 Å². The Morgan fingerprint density at radius 2 is 2.12 bits per heavy atom. The van der Waals surface area contributed by atoms with E-state index in [0.29, 0.717) is 0 Å². The molecule has 3 nitrogen and oxygen atoms in total. The molecule has 0 saturated heterocycles. The Morgan fingerprint density at radius 3 is 2.69 bits per heavy atom. The molecule has 0 aromatic heterocycles. The summed E-state index contributed by atoms with van der Waals surface area (Å²) in [6.45, 7) is 3.50. The van der Waals surface area contributed by atoms with Gasteiger partial charge in [0.1, 0.15) is 5.54 Å². The van der Waals surface area contributed by atoms with Gasteiger partial charge in [-0.2, -0.15) is 5.26 Å². The monoisotopic (exact) mass is 224 g/mol. The van der Waals surface area contributed by atoms with Gasteiger partial charge in [-0.1, -0.05) is 19.3 Å². The average molecular weight is 224 g/mol. The highest BCUT2D eigenvalue weighted by molar-refractivity contribution is 5.00. The lowest BCUT2D eigenvalue weighted by atomic mass is 9.83. The number of hydrogen-bond acceptors (Lipinski definition) is 3. The maximum absolute atomic E-state index is 8.72. The molecule has 1 saturated carbocycles. The summed E-state index contributed by atoms with van der Waals surface area (Å²) in [7, 11) is 0. The lowest BCUT2D eigenvalue weighted by molar-refractivity contribution is 0.103. The quantitative estimate of drug-likeness (QED) is 0.645. The van der Waals surface area contributed by atoms with Crippen LogP contribution < -0.4 is 5.73 Å². The summed E-state index contributed by atoms with van der Waals surface area (Å²) in [6, 6.07) is 2.11. The van der Waals surface area contributed by atoms with E-state index >= 15 is 0 Å². The zero-order chi connectivity index (χ0) is 11.9. The van der Waals surface area contributed by atoms with Crippen molar-refractivity contribution in [1.29, 1.82) is 5.26 Å². The second kappa shape index (κ2) is 6.88. The molecule has 2 N–H and O–H groups in total. The van der Waals surface area contributed by atoms with Crippen LogP contribution in [0.25, 0.3) is 0 Å². The Morgan fingerprint density at radius 1 is 1.38 bits per heavy atom. The highest BCUT2D eigenvalue weighted by Gasteiger charge is 2.17. The van der Waals surface area contributed by atoms with Crippen molar-refractivity contribution in [2.24, 2.45) is 11.7 Å². The van der Waals surface area contributed by atoms with Crippen molar-refractivity contribution in [3.8, 4) is 6.07 Å². The zero-order valence-corrected chi connectivity index (χ0v) is 10.4. The molecule has 1 aliphatic rings. The molecular weight excluding hydrogens is 200 g/mol. The molecule has 0 heterocycles. The second-order valence-corrected chi connectivity index (χ2v) is 5.18. The van der Waals surface area contributed by atoms with E-state index < -0.39 is 5.54 Å². The topological polar surface area (TPSA) is 59.0 Å². The van der Waals surface area contributed by atoms with Gasteiger partial charge in [-0.15, -0.1) is 0 Å². The Balaban J connectivity index is 1.83. The molecular formula is C13H24N2O. The first kappa shape index (κ1) is 13.5. The molecule has 0 radical (unpaired) electrons. The van der Waals surface area contributed by atoms with E-state index in [1.54, 1.807) is 6.92 Å². The van der Waals surface area contributed by atoms with E-state index in [4.69, 9.17) is 15.7 Å².